The summed E-state index contributed by atoms with van der Waals surface area (Å²) < 4.78 is 5.54. The lowest BCUT2D eigenvalue weighted by Gasteiger charge is -1.99. The molecule has 10 heteroatoms. The Morgan fingerprint density at radius 2 is 1.68 bits per heavy atom. The molecule has 0 unspecified atom stereocenters. The number of furan rings is 1. The van der Waals surface area contributed by atoms with E-state index in [0.717, 1.165) is 0 Å². The second-order valence-electron chi connectivity index (χ2n) is 5.51. The zero-order valence-electron chi connectivity index (χ0n) is 14.1. The number of carbonyl (C=O) groups is 1. The Labute approximate surface area is 157 Å². The summed E-state index contributed by atoms with van der Waals surface area (Å²) in [5.41, 5.74) is 2.84. The number of nitrogens with zero attached hydrogens (tertiary/aromatic N) is 3. The van der Waals surface area contributed by atoms with Crippen molar-refractivity contribution in [1.29, 1.82) is 0 Å². The van der Waals surface area contributed by atoms with Crippen LogP contribution >= 0.6 is 0 Å². The Bertz CT molecular complexity index is 1070. The molecule has 0 spiro atoms. The minimum Gasteiger partial charge on any atom is -0.455 e. The summed E-state index contributed by atoms with van der Waals surface area (Å²) in [6.45, 7) is 0. The zero-order chi connectivity index (χ0) is 20.1. The van der Waals surface area contributed by atoms with Crippen LogP contribution in [0.3, 0.4) is 0 Å². The van der Waals surface area contributed by atoms with Crippen molar-refractivity contribution in [3.63, 3.8) is 0 Å². The minimum atomic E-state index is -0.560. The van der Waals surface area contributed by atoms with Crippen molar-refractivity contribution in [3.05, 3.63) is 92.2 Å². The number of hydrogen-bond donors (Lipinski definition) is 1. The molecule has 10 nitrogen and oxygen atoms in total. The fourth-order valence-corrected chi connectivity index (χ4v) is 2.30. The van der Waals surface area contributed by atoms with E-state index < -0.39 is 15.8 Å². The van der Waals surface area contributed by atoms with Gasteiger partial charge in [0.05, 0.1) is 16.1 Å². The number of rotatable bonds is 6. The van der Waals surface area contributed by atoms with E-state index in [-0.39, 0.29) is 16.9 Å². The highest BCUT2D eigenvalue weighted by molar-refractivity contribution is 5.94. The highest BCUT2D eigenvalue weighted by Crippen LogP contribution is 2.25. The topological polar surface area (TPSA) is 141 Å². The maximum Gasteiger partial charge on any atom is 0.271 e. The van der Waals surface area contributed by atoms with Crippen molar-refractivity contribution in [1.82, 2.24) is 5.43 Å². The van der Waals surface area contributed by atoms with Gasteiger partial charge in [0.15, 0.2) is 0 Å². The van der Waals surface area contributed by atoms with Crippen LogP contribution in [0, 0.1) is 20.2 Å². The standard InChI is InChI=1S/C18H12N4O6/c23-18(12-4-6-14(7-5-12)21(24)25)20-19-11-16-8-9-17(28-16)13-2-1-3-15(10-13)22(26)27/h1-11H,(H,20,23)/b19-11+. The number of nitro benzene ring substituents is 2. The SMILES string of the molecule is O=C(N/N=C/c1ccc(-c2cccc([N+](=O)[O-])c2)o1)c1ccc([N+](=O)[O-])cc1. The van der Waals surface area contributed by atoms with Gasteiger partial charge in [-0.05, 0) is 24.3 Å². The molecule has 0 aliphatic carbocycles. The van der Waals surface area contributed by atoms with E-state index in [2.05, 4.69) is 10.5 Å². The lowest BCUT2D eigenvalue weighted by Crippen LogP contribution is -2.17. The Morgan fingerprint density at radius 1 is 0.964 bits per heavy atom. The molecule has 28 heavy (non-hydrogen) atoms. The summed E-state index contributed by atoms with van der Waals surface area (Å²) in [5, 5.41) is 25.2. The number of nitro groups is 2. The van der Waals surface area contributed by atoms with Crippen molar-refractivity contribution in [2.45, 2.75) is 0 Å². The fraction of sp³-hybridized carbons (Fsp3) is 0. The van der Waals surface area contributed by atoms with E-state index in [0.29, 0.717) is 17.1 Å². The summed E-state index contributed by atoms with van der Waals surface area (Å²) >= 11 is 0. The zero-order valence-corrected chi connectivity index (χ0v) is 14.1. The Hall–Kier alpha value is -4.34. The number of benzene rings is 2. The monoisotopic (exact) mass is 380 g/mol. The van der Waals surface area contributed by atoms with Gasteiger partial charge in [0, 0.05) is 35.4 Å². The quantitative estimate of drug-likeness (QED) is 0.394. The fourth-order valence-electron chi connectivity index (χ4n) is 2.30. The van der Waals surface area contributed by atoms with Crippen LogP contribution < -0.4 is 5.43 Å². The first-order chi connectivity index (χ1) is 13.4. The predicted octanol–water partition coefficient (Wildman–Crippen LogP) is 3.53. The third-order valence-corrected chi connectivity index (χ3v) is 3.67. The summed E-state index contributed by atoms with van der Waals surface area (Å²) in [6, 6.07) is 14.3. The molecule has 0 atom stereocenters. The van der Waals surface area contributed by atoms with Crippen molar-refractivity contribution in [2.75, 3.05) is 0 Å². The van der Waals surface area contributed by atoms with E-state index in [9.17, 15) is 25.0 Å². The maximum atomic E-state index is 12.0. The first-order valence-corrected chi connectivity index (χ1v) is 7.86. The smallest absolute Gasteiger partial charge is 0.271 e. The molecular formula is C18H12N4O6. The normalized spacial score (nSPS) is 10.7. The molecule has 3 aromatic rings. The number of amides is 1. The number of non-ortho nitro benzene ring substituents is 2. The van der Waals surface area contributed by atoms with Gasteiger partial charge in [0.1, 0.15) is 11.5 Å². The van der Waals surface area contributed by atoms with Gasteiger partial charge in [0.25, 0.3) is 17.3 Å². The summed E-state index contributed by atoms with van der Waals surface area (Å²) in [4.78, 5) is 32.3. The van der Waals surface area contributed by atoms with Gasteiger partial charge in [-0.2, -0.15) is 5.10 Å². The number of hydrogen-bond acceptors (Lipinski definition) is 7. The van der Waals surface area contributed by atoms with Crippen LogP contribution in [0.15, 0.2) is 70.2 Å². The van der Waals surface area contributed by atoms with Gasteiger partial charge in [-0.25, -0.2) is 5.43 Å². The first kappa shape index (κ1) is 18.5. The number of nitrogens with one attached hydrogen (secondary N) is 1. The van der Waals surface area contributed by atoms with Crippen LogP contribution in [0.4, 0.5) is 11.4 Å². The van der Waals surface area contributed by atoms with Gasteiger partial charge in [-0.1, -0.05) is 12.1 Å². The van der Waals surface area contributed by atoms with Crippen LogP contribution in [0.1, 0.15) is 16.1 Å². The third kappa shape index (κ3) is 4.25. The molecule has 0 bridgehead atoms. The van der Waals surface area contributed by atoms with Crippen molar-refractivity contribution in [2.24, 2.45) is 5.10 Å². The largest absolute Gasteiger partial charge is 0.455 e. The molecule has 0 fully saturated rings. The molecule has 0 saturated carbocycles. The van der Waals surface area contributed by atoms with Crippen molar-refractivity contribution in [3.8, 4) is 11.3 Å². The molecule has 1 amide bonds. The molecule has 2 aromatic carbocycles. The maximum absolute atomic E-state index is 12.0. The van der Waals surface area contributed by atoms with Gasteiger partial charge in [-0.15, -0.1) is 0 Å². The van der Waals surface area contributed by atoms with E-state index in [1.54, 1.807) is 24.3 Å². The Balaban J connectivity index is 1.65. The number of hydrazone groups is 1. The van der Waals surface area contributed by atoms with Crippen LogP contribution in [0.2, 0.25) is 0 Å². The molecule has 140 valence electrons. The minimum absolute atomic E-state index is 0.0560. The average Bonchev–Trinajstić information content (AvgIpc) is 3.17. The summed E-state index contributed by atoms with van der Waals surface area (Å²) in [6.07, 6.45) is 1.27. The van der Waals surface area contributed by atoms with Gasteiger partial charge >= 0.3 is 0 Å². The van der Waals surface area contributed by atoms with Crippen molar-refractivity contribution >= 4 is 23.5 Å². The third-order valence-electron chi connectivity index (χ3n) is 3.67. The Kier molecular flexibility index (Phi) is 5.21. The summed E-state index contributed by atoms with van der Waals surface area (Å²) in [7, 11) is 0. The summed E-state index contributed by atoms with van der Waals surface area (Å²) in [5.74, 6) is 0.189. The van der Waals surface area contributed by atoms with Crippen LogP contribution in [0.5, 0.6) is 0 Å². The molecule has 1 N–H and O–H groups in total. The lowest BCUT2D eigenvalue weighted by molar-refractivity contribution is -0.385. The number of carbonyl (C=O) groups excluding carboxylic acids is 1. The van der Waals surface area contributed by atoms with Crippen LogP contribution in [0.25, 0.3) is 11.3 Å². The second kappa shape index (κ2) is 7.91. The molecule has 0 radical (unpaired) electrons. The van der Waals surface area contributed by atoms with E-state index in [1.807, 2.05) is 0 Å². The molecule has 3 rings (SSSR count). The molecule has 0 aliphatic rings. The van der Waals surface area contributed by atoms with Crippen LogP contribution in [-0.2, 0) is 0 Å². The van der Waals surface area contributed by atoms with Gasteiger partial charge < -0.3 is 4.42 Å². The first-order valence-electron chi connectivity index (χ1n) is 7.86. The highest BCUT2D eigenvalue weighted by Gasteiger charge is 2.10. The van der Waals surface area contributed by atoms with Crippen molar-refractivity contribution < 1.29 is 19.1 Å². The van der Waals surface area contributed by atoms with E-state index in [1.165, 1.54) is 42.6 Å². The Morgan fingerprint density at radius 3 is 2.36 bits per heavy atom. The second-order valence-corrected chi connectivity index (χ2v) is 5.51. The molecular weight excluding hydrogens is 368 g/mol. The van der Waals surface area contributed by atoms with Gasteiger partial charge in [0.2, 0.25) is 0 Å². The predicted molar refractivity (Wildman–Crippen MR) is 99.0 cm³/mol. The molecule has 1 aromatic heterocycles. The highest BCUT2D eigenvalue weighted by atomic mass is 16.6. The molecule has 1 heterocycles. The molecule has 0 saturated heterocycles. The van der Waals surface area contributed by atoms with Crippen LogP contribution in [-0.4, -0.2) is 22.0 Å². The average molecular weight is 380 g/mol. The lowest BCUT2D eigenvalue weighted by atomic mass is 10.1. The van der Waals surface area contributed by atoms with Gasteiger partial charge in [-0.3, -0.25) is 25.0 Å². The van der Waals surface area contributed by atoms with E-state index in [4.69, 9.17) is 4.42 Å². The molecule has 0 aliphatic heterocycles. The van der Waals surface area contributed by atoms with E-state index >= 15 is 0 Å².